The Hall–Kier alpha value is -0.220. The summed E-state index contributed by atoms with van der Waals surface area (Å²) < 4.78 is 0. The normalized spacial score (nSPS) is 34.6. The zero-order chi connectivity index (χ0) is 12.8. The maximum absolute atomic E-state index is 12.6. The van der Waals surface area contributed by atoms with E-state index in [2.05, 4.69) is 24.1 Å². The van der Waals surface area contributed by atoms with Crippen LogP contribution >= 0.6 is 11.8 Å². The molecule has 1 spiro atoms. The number of carbonyl (C=O) groups is 1. The Balaban J connectivity index is 1.76. The molecule has 0 radical (unpaired) electrons. The average molecular weight is 268 g/mol. The van der Waals surface area contributed by atoms with Gasteiger partial charge in [-0.25, -0.2) is 0 Å². The van der Waals surface area contributed by atoms with Gasteiger partial charge in [0.1, 0.15) is 0 Å². The predicted octanol–water partition coefficient (Wildman–Crippen LogP) is 2.22. The molecule has 1 saturated carbocycles. The fourth-order valence-electron chi connectivity index (χ4n) is 3.30. The standard InChI is InChI=1S/C14H24N2OS/c1-10(2)8-12-15-14(5-6-14)13(17)16(12)11-4-3-7-18-9-11/h10-12,15H,3-9H2,1-2H3. The molecule has 102 valence electrons. The molecular formula is C14H24N2OS. The molecule has 18 heavy (non-hydrogen) atoms. The first kappa shape index (κ1) is 12.8. The maximum atomic E-state index is 12.6. The molecule has 3 nitrogen and oxygen atoms in total. The van der Waals surface area contributed by atoms with Crippen molar-refractivity contribution in [2.24, 2.45) is 5.92 Å². The summed E-state index contributed by atoms with van der Waals surface area (Å²) in [4.78, 5) is 14.9. The molecule has 2 unspecified atom stereocenters. The van der Waals surface area contributed by atoms with Crippen molar-refractivity contribution in [1.29, 1.82) is 0 Å². The van der Waals surface area contributed by atoms with Gasteiger partial charge in [0, 0.05) is 11.8 Å². The highest BCUT2D eigenvalue weighted by Gasteiger charge is 2.60. The van der Waals surface area contributed by atoms with Crippen molar-refractivity contribution in [2.75, 3.05) is 11.5 Å². The summed E-state index contributed by atoms with van der Waals surface area (Å²) in [6.07, 6.45) is 5.96. The molecule has 0 aromatic heterocycles. The van der Waals surface area contributed by atoms with Crippen molar-refractivity contribution in [3.63, 3.8) is 0 Å². The Morgan fingerprint density at radius 3 is 2.83 bits per heavy atom. The van der Waals surface area contributed by atoms with E-state index in [9.17, 15) is 4.79 Å². The third-order valence-corrected chi connectivity index (χ3v) is 5.59. The second-order valence-electron chi connectivity index (χ2n) is 6.46. The molecule has 2 atom stereocenters. The molecule has 3 fully saturated rings. The lowest BCUT2D eigenvalue weighted by Gasteiger charge is -2.35. The Kier molecular flexibility index (Phi) is 3.35. The Bertz CT molecular complexity index is 335. The highest BCUT2D eigenvalue weighted by Crippen LogP contribution is 2.44. The monoisotopic (exact) mass is 268 g/mol. The summed E-state index contributed by atoms with van der Waals surface area (Å²) >= 11 is 2.01. The van der Waals surface area contributed by atoms with Gasteiger partial charge in [0.05, 0.1) is 11.7 Å². The number of rotatable bonds is 3. The predicted molar refractivity (Wildman–Crippen MR) is 75.5 cm³/mol. The number of nitrogens with one attached hydrogen (secondary N) is 1. The van der Waals surface area contributed by atoms with Gasteiger partial charge in [-0.2, -0.15) is 11.8 Å². The molecule has 3 rings (SSSR count). The van der Waals surface area contributed by atoms with Crippen LogP contribution in [0.4, 0.5) is 0 Å². The molecule has 1 aliphatic carbocycles. The van der Waals surface area contributed by atoms with Crippen molar-refractivity contribution in [2.45, 2.75) is 63.7 Å². The molecule has 2 heterocycles. The van der Waals surface area contributed by atoms with Crippen LogP contribution in [0.2, 0.25) is 0 Å². The van der Waals surface area contributed by atoms with Gasteiger partial charge in [0.15, 0.2) is 0 Å². The number of amides is 1. The van der Waals surface area contributed by atoms with Crippen LogP contribution in [0.1, 0.15) is 46.0 Å². The third-order valence-electron chi connectivity index (χ3n) is 4.40. The smallest absolute Gasteiger partial charge is 0.244 e. The van der Waals surface area contributed by atoms with Gasteiger partial charge in [-0.3, -0.25) is 10.1 Å². The average Bonchev–Trinajstić information content (AvgIpc) is 3.05. The zero-order valence-corrected chi connectivity index (χ0v) is 12.3. The van der Waals surface area contributed by atoms with E-state index in [1.165, 1.54) is 18.6 Å². The molecule has 1 amide bonds. The Morgan fingerprint density at radius 2 is 2.28 bits per heavy atom. The molecular weight excluding hydrogens is 244 g/mol. The molecule has 0 bridgehead atoms. The summed E-state index contributed by atoms with van der Waals surface area (Å²) in [5.41, 5.74) is -0.137. The van der Waals surface area contributed by atoms with Crippen LogP contribution in [0.5, 0.6) is 0 Å². The van der Waals surface area contributed by atoms with E-state index < -0.39 is 0 Å². The fraction of sp³-hybridized carbons (Fsp3) is 0.929. The summed E-state index contributed by atoms with van der Waals surface area (Å²) in [6, 6.07) is 0.479. The van der Waals surface area contributed by atoms with Crippen LogP contribution in [0.3, 0.4) is 0 Å². The highest BCUT2D eigenvalue weighted by molar-refractivity contribution is 7.99. The van der Waals surface area contributed by atoms with Crippen LogP contribution in [0, 0.1) is 5.92 Å². The molecule has 0 aromatic rings. The number of nitrogens with zero attached hydrogens (tertiary/aromatic N) is 1. The van der Waals surface area contributed by atoms with E-state index in [0.29, 0.717) is 24.0 Å². The van der Waals surface area contributed by atoms with Crippen molar-refractivity contribution in [1.82, 2.24) is 10.2 Å². The minimum atomic E-state index is -0.137. The van der Waals surface area contributed by atoms with Crippen LogP contribution in [-0.2, 0) is 4.79 Å². The number of hydrogen-bond donors (Lipinski definition) is 1. The number of thioether (sulfide) groups is 1. The second-order valence-corrected chi connectivity index (χ2v) is 7.61. The lowest BCUT2D eigenvalue weighted by molar-refractivity contribution is -0.132. The quantitative estimate of drug-likeness (QED) is 0.852. The molecule has 3 aliphatic rings. The minimum absolute atomic E-state index is 0.137. The van der Waals surface area contributed by atoms with Crippen LogP contribution in [0.15, 0.2) is 0 Å². The number of hydrogen-bond acceptors (Lipinski definition) is 3. The highest BCUT2D eigenvalue weighted by atomic mass is 32.2. The van der Waals surface area contributed by atoms with Crippen LogP contribution in [0.25, 0.3) is 0 Å². The topological polar surface area (TPSA) is 32.3 Å². The SMILES string of the molecule is CC(C)CC1NC2(CC2)C(=O)N1C1CCCSC1. The van der Waals surface area contributed by atoms with Gasteiger partial charge in [-0.05, 0) is 43.8 Å². The van der Waals surface area contributed by atoms with Crippen LogP contribution in [-0.4, -0.2) is 40.1 Å². The molecule has 0 aromatic carbocycles. The van der Waals surface area contributed by atoms with Gasteiger partial charge < -0.3 is 4.90 Å². The second kappa shape index (κ2) is 4.71. The fourth-order valence-corrected chi connectivity index (χ4v) is 4.44. The third kappa shape index (κ3) is 2.18. The van der Waals surface area contributed by atoms with E-state index in [-0.39, 0.29) is 5.54 Å². The first-order valence-corrected chi connectivity index (χ1v) is 8.46. The molecule has 2 aliphatic heterocycles. The van der Waals surface area contributed by atoms with Crippen molar-refractivity contribution < 1.29 is 4.79 Å². The van der Waals surface area contributed by atoms with Crippen molar-refractivity contribution >= 4 is 17.7 Å². The first-order valence-electron chi connectivity index (χ1n) is 7.30. The summed E-state index contributed by atoms with van der Waals surface area (Å²) in [6.45, 7) is 4.50. The van der Waals surface area contributed by atoms with E-state index >= 15 is 0 Å². The number of carbonyl (C=O) groups excluding carboxylic acids is 1. The first-order chi connectivity index (χ1) is 8.62. The van der Waals surface area contributed by atoms with Gasteiger partial charge >= 0.3 is 0 Å². The van der Waals surface area contributed by atoms with E-state index in [1.807, 2.05) is 11.8 Å². The zero-order valence-electron chi connectivity index (χ0n) is 11.4. The Morgan fingerprint density at radius 1 is 1.50 bits per heavy atom. The maximum Gasteiger partial charge on any atom is 0.244 e. The molecule has 2 saturated heterocycles. The van der Waals surface area contributed by atoms with E-state index in [0.717, 1.165) is 25.0 Å². The largest absolute Gasteiger partial charge is 0.322 e. The van der Waals surface area contributed by atoms with E-state index in [4.69, 9.17) is 0 Å². The minimum Gasteiger partial charge on any atom is -0.322 e. The summed E-state index contributed by atoms with van der Waals surface area (Å²) in [7, 11) is 0. The molecule has 4 heteroatoms. The van der Waals surface area contributed by atoms with Gasteiger partial charge in [-0.1, -0.05) is 13.8 Å². The lowest BCUT2D eigenvalue weighted by atomic mass is 10.1. The summed E-state index contributed by atoms with van der Waals surface area (Å²) in [5.74, 6) is 3.45. The van der Waals surface area contributed by atoms with Crippen LogP contribution < -0.4 is 5.32 Å². The van der Waals surface area contributed by atoms with Crippen molar-refractivity contribution in [3.05, 3.63) is 0 Å². The van der Waals surface area contributed by atoms with Crippen molar-refractivity contribution in [3.8, 4) is 0 Å². The van der Waals surface area contributed by atoms with Gasteiger partial charge in [-0.15, -0.1) is 0 Å². The van der Waals surface area contributed by atoms with Gasteiger partial charge in [0.2, 0.25) is 5.91 Å². The van der Waals surface area contributed by atoms with E-state index in [1.54, 1.807) is 0 Å². The van der Waals surface area contributed by atoms with Gasteiger partial charge in [0.25, 0.3) is 0 Å². The Labute approximate surface area is 114 Å². The lowest BCUT2D eigenvalue weighted by Crippen LogP contribution is -2.47. The summed E-state index contributed by atoms with van der Waals surface area (Å²) in [5, 5.41) is 3.64. The molecule has 1 N–H and O–H groups in total.